The second-order valence-corrected chi connectivity index (χ2v) is 9.39. The lowest BCUT2D eigenvalue weighted by Gasteiger charge is -2.52. The molecule has 3 aromatic rings. The largest absolute Gasteiger partial charge is 0.369 e. The Bertz CT molecular complexity index is 1160. The van der Waals surface area contributed by atoms with Crippen LogP contribution in [-0.2, 0) is 4.79 Å². The summed E-state index contributed by atoms with van der Waals surface area (Å²) in [6.45, 7) is 2.04. The van der Waals surface area contributed by atoms with E-state index in [0.717, 1.165) is 71.6 Å². The molecule has 0 heterocycles. The van der Waals surface area contributed by atoms with Gasteiger partial charge in [-0.1, -0.05) is 54.6 Å². The molecule has 3 N–H and O–H groups in total. The van der Waals surface area contributed by atoms with Gasteiger partial charge < -0.3 is 11.1 Å². The third-order valence-corrected chi connectivity index (χ3v) is 7.77. The maximum Gasteiger partial charge on any atom is 0.252 e. The van der Waals surface area contributed by atoms with E-state index in [4.69, 9.17) is 5.73 Å². The van der Waals surface area contributed by atoms with Gasteiger partial charge in [-0.2, -0.15) is 0 Å². The van der Waals surface area contributed by atoms with Gasteiger partial charge >= 0.3 is 0 Å². The smallest absolute Gasteiger partial charge is 0.252 e. The molecule has 0 aliphatic heterocycles. The van der Waals surface area contributed by atoms with Crippen molar-refractivity contribution in [2.24, 2.45) is 11.1 Å². The topological polar surface area (TPSA) is 72.2 Å². The van der Waals surface area contributed by atoms with Crippen LogP contribution in [0, 0.1) is 12.3 Å². The lowest BCUT2D eigenvalue weighted by molar-refractivity contribution is -0.134. The fraction of sp³-hybridized carbons (Fsp3) is 0.333. The van der Waals surface area contributed by atoms with Gasteiger partial charge in [0.25, 0.3) is 5.91 Å². The average Bonchev–Trinajstić information content (AvgIpc) is 2.80. The van der Waals surface area contributed by atoms with Crippen LogP contribution in [0.15, 0.2) is 60.7 Å². The zero-order valence-electron chi connectivity index (χ0n) is 17.9. The Morgan fingerprint density at radius 2 is 1.48 bits per heavy atom. The highest BCUT2D eigenvalue weighted by Crippen LogP contribution is 2.52. The van der Waals surface area contributed by atoms with E-state index in [9.17, 15) is 9.59 Å². The van der Waals surface area contributed by atoms with Crippen LogP contribution in [0.2, 0.25) is 0 Å². The molecule has 4 heteroatoms. The number of nitrogens with two attached hydrogens (primary N) is 1. The van der Waals surface area contributed by atoms with Gasteiger partial charge in [0.15, 0.2) is 0 Å². The first-order valence-corrected chi connectivity index (χ1v) is 11.1. The molecule has 0 radical (unpaired) electrons. The average molecular weight is 413 g/mol. The molecule has 3 saturated carbocycles. The van der Waals surface area contributed by atoms with Crippen LogP contribution in [0.1, 0.15) is 54.4 Å². The highest BCUT2D eigenvalue weighted by Gasteiger charge is 2.52. The van der Waals surface area contributed by atoms with Crippen molar-refractivity contribution in [2.45, 2.75) is 51.0 Å². The van der Waals surface area contributed by atoms with Crippen LogP contribution in [0.25, 0.3) is 21.9 Å². The summed E-state index contributed by atoms with van der Waals surface area (Å²) in [6, 6.07) is 20.5. The second-order valence-electron chi connectivity index (χ2n) is 9.39. The van der Waals surface area contributed by atoms with Gasteiger partial charge in [0.05, 0.1) is 5.56 Å². The maximum atomic E-state index is 13.7. The lowest BCUT2D eigenvalue weighted by Crippen LogP contribution is -2.59. The molecule has 3 fully saturated rings. The predicted octanol–water partition coefficient (Wildman–Crippen LogP) is 5.12. The van der Waals surface area contributed by atoms with Gasteiger partial charge in [-0.3, -0.25) is 9.59 Å². The highest BCUT2D eigenvalue weighted by molar-refractivity contribution is 6.10. The summed E-state index contributed by atoms with van der Waals surface area (Å²) < 4.78 is 0. The molecular weight excluding hydrogens is 384 g/mol. The van der Waals surface area contributed by atoms with Crippen LogP contribution in [0.3, 0.4) is 0 Å². The Balaban J connectivity index is 1.54. The van der Waals surface area contributed by atoms with Crippen molar-refractivity contribution in [3.63, 3.8) is 0 Å². The molecule has 158 valence electrons. The number of hydrogen-bond donors (Lipinski definition) is 2. The van der Waals surface area contributed by atoms with E-state index in [1.807, 2.05) is 43.3 Å². The van der Waals surface area contributed by atoms with Crippen LogP contribution in [0.5, 0.6) is 0 Å². The molecule has 0 aromatic heterocycles. The summed E-state index contributed by atoms with van der Waals surface area (Å²) in [5.41, 5.74) is 9.06. The van der Waals surface area contributed by atoms with Gasteiger partial charge in [0, 0.05) is 11.0 Å². The molecule has 3 aromatic carbocycles. The minimum absolute atomic E-state index is 0.0139. The van der Waals surface area contributed by atoms with Gasteiger partial charge in [-0.25, -0.2) is 0 Å². The third kappa shape index (κ3) is 3.21. The van der Waals surface area contributed by atoms with E-state index >= 15 is 0 Å². The molecule has 3 aliphatic rings. The minimum atomic E-state index is -0.359. The summed E-state index contributed by atoms with van der Waals surface area (Å²) in [6.07, 6.45) is 4.76. The Morgan fingerprint density at radius 1 is 0.871 bits per heavy atom. The molecule has 0 unspecified atom stereocenters. The molecular formula is C27H28N2O2. The summed E-state index contributed by atoms with van der Waals surface area (Å²) in [4.78, 5) is 25.7. The Labute approximate surface area is 182 Å². The standard InChI is InChI=1S/C27H28N2O2/c1-18-22(19-7-3-2-4-8-19)17-20-9-5-6-10-21(20)23(18)24(30)29-27-14-11-26(12-15-27,13-16-27)25(28)31/h2-10,17H,11-16H2,1H3,(H2,28,31)(H,29,30). The van der Waals surface area contributed by atoms with Crippen molar-refractivity contribution >= 4 is 22.6 Å². The number of hydrogen-bond acceptors (Lipinski definition) is 2. The van der Waals surface area contributed by atoms with Crippen molar-refractivity contribution in [3.8, 4) is 11.1 Å². The number of benzene rings is 3. The van der Waals surface area contributed by atoms with Gasteiger partial charge in [0.1, 0.15) is 0 Å². The molecule has 2 bridgehead atoms. The monoisotopic (exact) mass is 412 g/mol. The van der Waals surface area contributed by atoms with Crippen molar-refractivity contribution < 1.29 is 9.59 Å². The second kappa shape index (κ2) is 7.23. The van der Waals surface area contributed by atoms with E-state index in [2.05, 4.69) is 29.6 Å². The molecule has 6 rings (SSSR count). The fourth-order valence-corrected chi connectivity index (χ4v) is 5.71. The Kier molecular flexibility index (Phi) is 4.62. The van der Waals surface area contributed by atoms with E-state index < -0.39 is 0 Å². The maximum absolute atomic E-state index is 13.7. The highest BCUT2D eigenvalue weighted by atomic mass is 16.2. The first-order chi connectivity index (χ1) is 14.9. The summed E-state index contributed by atoms with van der Waals surface area (Å²) >= 11 is 0. The number of amides is 2. The third-order valence-electron chi connectivity index (χ3n) is 7.77. The van der Waals surface area contributed by atoms with Crippen molar-refractivity contribution in [3.05, 3.63) is 71.8 Å². The van der Waals surface area contributed by atoms with Gasteiger partial charge in [-0.15, -0.1) is 0 Å². The van der Waals surface area contributed by atoms with E-state index in [1.54, 1.807) is 0 Å². The number of nitrogens with one attached hydrogen (secondary N) is 1. The quantitative estimate of drug-likeness (QED) is 0.624. The molecule has 0 saturated heterocycles. The van der Waals surface area contributed by atoms with E-state index in [-0.39, 0.29) is 22.8 Å². The van der Waals surface area contributed by atoms with Crippen molar-refractivity contribution in [1.29, 1.82) is 0 Å². The van der Waals surface area contributed by atoms with Crippen LogP contribution in [-0.4, -0.2) is 17.4 Å². The first-order valence-electron chi connectivity index (χ1n) is 11.1. The number of primary amides is 1. The number of carbonyl (C=O) groups is 2. The number of carbonyl (C=O) groups excluding carboxylic acids is 2. The van der Waals surface area contributed by atoms with Crippen LogP contribution < -0.4 is 11.1 Å². The van der Waals surface area contributed by atoms with E-state index in [1.165, 1.54) is 0 Å². The Hall–Kier alpha value is -3.14. The SMILES string of the molecule is Cc1c(-c2ccccc2)cc2ccccc2c1C(=O)NC12CCC(C(N)=O)(CC1)CC2. The molecule has 0 spiro atoms. The first kappa shape index (κ1) is 19.8. The molecule has 2 amide bonds. The molecule has 31 heavy (non-hydrogen) atoms. The fourth-order valence-electron chi connectivity index (χ4n) is 5.71. The predicted molar refractivity (Wildman–Crippen MR) is 124 cm³/mol. The van der Waals surface area contributed by atoms with Gasteiger partial charge in [-0.05, 0) is 79.0 Å². The minimum Gasteiger partial charge on any atom is -0.369 e. The normalized spacial score (nSPS) is 24.8. The molecule has 0 atom stereocenters. The summed E-state index contributed by atoms with van der Waals surface area (Å²) in [7, 11) is 0. The molecule has 3 aliphatic carbocycles. The van der Waals surface area contributed by atoms with Gasteiger partial charge in [0.2, 0.25) is 5.91 Å². The van der Waals surface area contributed by atoms with Crippen LogP contribution >= 0.6 is 0 Å². The summed E-state index contributed by atoms with van der Waals surface area (Å²) in [5, 5.41) is 5.46. The number of rotatable bonds is 4. The molecule has 4 nitrogen and oxygen atoms in total. The van der Waals surface area contributed by atoms with E-state index in [0.29, 0.717) is 0 Å². The summed E-state index contributed by atoms with van der Waals surface area (Å²) in [5.74, 6) is -0.190. The number of fused-ring (bicyclic) bond motifs is 4. The van der Waals surface area contributed by atoms with Crippen LogP contribution in [0.4, 0.5) is 0 Å². The van der Waals surface area contributed by atoms with Crippen molar-refractivity contribution in [1.82, 2.24) is 5.32 Å². The lowest BCUT2D eigenvalue weighted by atomic mass is 9.57. The zero-order valence-corrected chi connectivity index (χ0v) is 17.9. The van der Waals surface area contributed by atoms with Crippen molar-refractivity contribution in [2.75, 3.05) is 0 Å². The zero-order chi connectivity index (χ0) is 21.6. The Morgan fingerprint density at radius 3 is 2.13 bits per heavy atom.